The number of morpholine rings is 1. The maximum absolute atomic E-state index is 13.5. The Morgan fingerprint density at radius 3 is 2.59 bits per heavy atom. The first-order valence-electron chi connectivity index (χ1n) is 11.1. The van der Waals surface area contributed by atoms with Crippen LogP contribution in [0.1, 0.15) is 28.0 Å². The summed E-state index contributed by atoms with van der Waals surface area (Å²) >= 11 is 1.76. The highest BCUT2D eigenvalue weighted by atomic mass is 32.1. The van der Waals surface area contributed by atoms with E-state index in [1.807, 2.05) is 41.3 Å². The molecule has 2 aromatic heterocycles. The molecule has 5 nitrogen and oxygen atoms in total. The molecule has 0 bridgehead atoms. The van der Waals surface area contributed by atoms with E-state index < -0.39 is 0 Å². The third-order valence-electron chi connectivity index (χ3n) is 6.11. The molecule has 6 heteroatoms. The molecule has 1 amide bonds. The third-order valence-corrected chi connectivity index (χ3v) is 7.10. The lowest BCUT2D eigenvalue weighted by atomic mass is 9.95. The van der Waals surface area contributed by atoms with Crippen LogP contribution in [0.4, 0.5) is 0 Å². The molecule has 1 fully saturated rings. The predicted molar refractivity (Wildman–Crippen MR) is 129 cm³/mol. The predicted octanol–water partition coefficient (Wildman–Crippen LogP) is 4.55. The number of H-pyrrole nitrogens is 1. The van der Waals surface area contributed by atoms with Gasteiger partial charge in [-0.05, 0) is 28.6 Å². The van der Waals surface area contributed by atoms with Crippen molar-refractivity contribution in [2.45, 2.75) is 12.0 Å². The molecule has 4 aromatic rings. The van der Waals surface area contributed by atoms with Crippen molar-refractivity contribution in [1.82, 2.24) is 15.2 Å². The van der Waals surface area contributed by atoms with Crippen molar-refractivity contribution in [3.05, 3.63) is 94.3 Å². The van der Waals surface area contributed by atoms with Gasteiger partial charge in [0.1, 0.15) is 6.04 Å². The first kappa shape index (κ1) is 20.9. The quantitative estimate of drug-likeness (QED) is 0.439. The van der Waals surface area contributed by atoms with E-state index in [4.69, 9.17) is 4.74 Å². The Labute approximate surface area is 192 Å². The Morgan fingerprint density at radius 1 is 1.03 bits per heavy atom. The summed E-state index contributed by atoms with van der Waals surface area (Å²) in [5, 5.41) is 6.98. The number of fused-ring (bicyclic) bond motifs is 1. The monoisotopic (exact) mass is 445 g/mol. The second kappa shape index (κ2) is 9.69. The van der Waals surface area contributed by atoms with Crippen LogP contribution in [-0.4, -0.2) is 48.6 Å². The van der Waals surface area contributed by atoms with Gasteiger partial charge >= 0.3 is 0 Å². The summed E-state index contributed by atoms with van der Waals surface area (Å²) in [6.45, 7) is 3.14. The smallest absolute Gasteiger partial charge is 0.244 e. The number of aromatic nitrogens is 1. The lowest BCUT2D eigenvalue weighted by Gasteiger charge is -2.31. The van der Waals surface area contributed by atoms with E-state index in [-0.39, 0.29) is 17.9 Å². The van der Waals surface area contributed by atoms with Crippen molar-refractivity contribution >= 4 is 28.1 Å². The zero-order valence-corrected chi connectivity index (χ0v) is 18.7. The van der Waals surface area contributed by atoms with E-state index >= 15 is 0 Å². The van der Waals surface area contributed by atoms with Crippen molar-refractivity contribution in [3.8, 4) is 0 Å². The molecule has 2 atom stereocenters. The first-order valence-corrected chi connectivity index (χ1v) is 11.9. The van der Waals surface area contributed by atoms with Gasteiger partial charge < -0.3 is 19.9 Å². The van der Waals surface area contributed by atoms with Crippen LogP contribution in [0.5, 0.6) is 0 Å². The number of benzene rings is 2. The van der Waals surface area contributed by atoms with Gasteiger partial charge in [-0.15, -0.1) is 11.3 Å². The van der Waals surface area contributed by atoms with Gasteiger partial charge in [0.2, 0.25) is 5.91 Å². The number of carbonyl (C=O) groups is 1. The first-order chi connectivity index (χ1) is 15.8. The number of thiophene rings is 1. The van der Waals surface area contributed by atoms with Gasteiger partial charge in [0.05, 0.1) is 13.2 Å². The zero-order valence-electron chi connectivity index (χ0n) is 17.9. The van der Waals surface area contributed by atoms with Crippen LogP contribution >= 0.6 is 11.3 Å². The molecule has 0 aliphatic carbocycles. The van der Waals surface area contributed by atoms with Crippen LogP contribution in [0.25, 0.3) is 10.9 Å². The van der Waals surface area contributed by atoms with Crippen molar-refractivity contribution in [1.29, 1.82) is 0 Å². The fraction of sp³-hybridized carbons (Fsp3) is 0.269. The number of rotatable bonds is 7. The van der Waals surface area contributed by atoms with Crippen LogP contribution in [0.3, 0.4) is 0 Å². The molecular formula is C26H27N3O2S. The average Bonchev–Trinajstić information content (AvgIpc) is 3.54. The molecule has 1 aliphatic rings. The molecule has 32 heavy (non-hydrogen) atoms. The standard InChI is InChI=1S/C26H27N3O2S/c30-26(29-12-14-31-15-13-29)25(19-7-2-1-3-8-19)28-18-22(24-11-6-16-32-24)21-17-27-23-10-5-4-9-20(21)23/h1-11,16-17,22,25,27-28H,12-15,18H2/t22-,25+/m0/s1. The number of hydrogen-bond donors (Lipinski definition) is 2. The molecule has 0 radical (unpaired) electrons. The van der Waals surface area contributed by atoms with E-state index in [0.29, 0.717) is 32.8 Å². The summed E-state index contributed by atoms with van der Waals surface area (Å²) in [5.41, 5.74) is 3.38. The Morgan fingerprint density at radius 2 is 1.81 bits per heavy atom. The topological polar surface area (TPSA) is 57.4 Å². The SMILES string of the molecule is O=C([C@H](NC[C@H](c1cccs1)c1c[nH]c2ccccc12)c1ccccc1)N1CCOCC1. The minimum absolute atomic E-state index is 0.114. The molecule has 164 valence electrons. The lowest BCUT2D eigenvalue weighted by molar-refractivity contribution is -0.137. The second-order valence-corrected chi connectivity index (χ2v) is 9.03. The van der Waals surface area contributed by atoms with Crippen molar-refractivity contribution in [2.75, 3.05) is 32.8 Å². The van der Waals surface area contributed by atoms with Crippen LogP contribution in [0.15, 0.2) is 78.3 Å². The zero-order chi connectivity index (χ0) is 21.8. The Kier molecular flexibility index (Phi) is 6.34. The van der Waals surface area contributed by atoms with E-state index in [1.165, 1.54) is 15.8 Å². The number of aromatic amines is 1. The number of nitrogens with one attached hydrogen (secondary N) is 2. The third kappa shape index (κ3) is 4.35. The molecule has 0 spiro atoms. The summed E-state index contributed by atoms with van der Waals surface area (Å²) in [6.07, 6.45) is 2.11. The van der Waals surface area contributed by atoms with E-state index in [1.54, 1.807) is 11.3 Å². The lowest BCUT2D eigenvalue weighted by Crippen LogP contribution is -2.46. The minimum atomic E-state index is -0.387. The van der Waals surface area contributed by atoms with Gasteiger partial charge in [0.15, 0.2) is 0 Å². The van der Waals surface area contributed by atoms with E-state index in [2.05, 4.69) is 52.2 Å². The summed E-state index contributed by atoms with van der Waals surface area (Å²) < 4.78 is 5.46. The average molecular weight is 446 g/mol. The molecule has 2 N–H and O–H groups in total. The molecule has 1 saturated heterocycles. The summed E-state index contributed by atoms with van der Waals surface area (Å²) in [4.78, 5) is 20.1. The maximum Gasteiger partial charge on any atom is 0.244 e. The molecule has 2 aromatic carbocycles. The van der Waals surface area contributed by atoms with Crippen molar-refractivity contribution in [3.63, 3.8) is 0 Å². The molecular weight excluding hydrogens is 418 g/mol. The largest absolute Gasteiger partial charge is 0.378 e. The van der Waals surface area contributed by atoms with E-state index in [9.17, 15) is 4.79 Å². The molecule has 0 unspecified atom stereocenters. The van der Waals surface area contributed by atoms with Crippen molar-refractivity contribution in [2.24, 2.45) is 0 Å². The number of amides is 1. The Bertz CT molecular complexity index is 1150. The molecule has 3 heterocycles. The minimum Gasteiger partial charge on any atom is -0.378 e. The fourth-order valence-corrected chi connectivity index (χ4v) is 5.28. The van der Waals surface area contributed by atoms with Gasteiger partial charge in [-0.25, -0.2) is 0 Å². The highest BCUT2D eigenvalue weighted by Crippen LogP contribution is 2.33. The van der Waals surface area contributed by atoms with E-state index in [0.717, 1.165) is 11.1 Å². The van der Waals surface area contributed by atoms with Crippen LogP contribution in [0, 0.1) is 0 Å². The number of para-hydroxylation sites is 1. The highest BCUT2D eigenvalue weighted by Gasteiger charge is 2.29. The van der Waals surface area contributed by atoms with Gasteiger partial charge in [-0.1, -0.05) is 54.6 Å². The maximum atomic E-state index is 13.5. The number of carbonyl (C=O) groups excluding carboxylic acids is 1. The number of nitrogens with zero attached hydrogens (tertiary/aromatic N) is 1. The normalized spacial score (nSPS) is 16.2. The summed E-state index contributed by atoms with van der Waals surface area (Å²) in [7, 11) is 0. The van der Waals surface area contributed by atoms with Crippen molar-refractivity contribution < 1.29 is 9.53 Å². The second-order valence-electron chi connectivity index (χ2n) is 8.05. The molecule has 0 saturated carbocycles. The van der Waals surface area contributed by atoms with Gasteiger partial charge in [0, 0.05) is 47.5 Å². The number of hydrogen-bond acceptors (Lipinski definition) is 4. The Balaban J connectivity index is 1.44. The van der Waals surface area contributed by atoms with Crippen LogP contribution in [0.2, 0.25) is 0 Å². The van der Waals surface area contributed by atoms with Gasteiger partial charge in [-0.3, -0.25) is 4.79 Å². The molecule has 5 rings (SSSR count). The highest BCUT2D eigenvalue weighted by molar-refractivity contribution is 7.10. The Hall–Kier alpha value is -2.93. The van der Waals surface area contributed by atoms with Gasteiger partial charge in [-0.2, -0.15) is 0 Å². The summed E-state index contributed by atoms with van der Waals surface area (Å²) in [5.74, 6) is 0.262. The van der Waals surface area contributed by atoms with Gasteiger partial charge in [0.25, 0.3) is 0 Å². The fourth-order valence-electron chi connectivity index (χ4n) is 4.43. The number of ether oxygens (including phenoxy) is 1. The summed E-state index contributed by atoms with van der Waals surface area (Å²) in [6, 6.07) is 22.3. The molecule has 1 aliphatic heterocycles. The van der Waals surface area contributed by atoms with Crippen LogP contribution < -0.4 is 5.32 Å². The van der Waals surface area contributed by atoms with Crippen LogP contribution in [-0.2, 0) is 9.53 Å².